The maximum Gasteiger partial charge on any atom is 0.431 e. The van der Waals surface area contributed by atoms with Crippen molar-refractivity contribution in [3.63, 3.8) is 0 Å². The first kappa shape index (κ1) is 17.7. The van der Waals surface area contributed by atoms with Gasteiger partial charge in [-0.15, -0.1) is 11.3 Å². The van der Waals surface area contributed by atoms with Gasteiger partial charge in [0.25, 0.3) is 5.91 Å². The third-order valence-corrected chi connectivity index (χ3v) is 3.76. The van der Waals surface area contributed by atoms with Crippen LogP contribution in [-0.2, 0) is 0 Å². The van der Waals surface area contributed by atoms with Gasteiger partial charge in [-0.1, -0.05) is 12.1 Å². The molecular weight excluding hydrogens is 345 g/mol. The minimum Gasteiger partial charge on any atom is -0.508 e. The van der Waals surface area contributed by atoms with Crippen molar-refractivity contribution in [1.29, 1.82) is 0 Å². The Morgan fingerprint density at radius 1 is 1.21 bits per heavy atom. The molecular formula is C15H11F3N2O3S. The minimum atomic E-state index is -4.86. The van der Waals surface area contributed by atoms with Gasteiger partial charge in [-0.25, -0.2) is 5.43 Å². The summed E-state index contributed by atoms with van der Waals surface area (Å²) in [4.78, 5) is 23.7. The molecule has 2 rings (SSSR count). The molecule has 0 fully saturated rings. The Kier molecular flexibility index (Phi) is 5.35. The van der Waals surface area contributed by atoms with Gasteiger partial charge in [0.15, 0.2) is 5.78 Å². The molecule has 1 aromatic heterocycles. The first-order valence-corrected chi connectivity index (χ1v) is 7.45. The summed E-state index contributed by atoms with van der Waals surface area (Å²) >= 11 is 1.02. The number of halogens is 3. The van der Waals surface area contributed by atoms with E-state index in [1.54, 1.807) is 16.9 Å². The van der Waals surface area contributed by atoms with E-state index in [1.165, 1.54) is 24.3 Å². The van der Waals surface area contributed by atoms with E-state index in [9.17, 15) is 27.9 Å². The molecule has 24 heavy (non-hydrogen) atoms. The number of phenols is 1. The van der Waals surface area contributed by atoms with Gasteiger partial charge in [0, 0.05) is 5.56 Å². The molecule has 0 radical (unpaired) electrons. The van der Waals surface area contributed by atoms with E-state index in [0.29, 0.717) is 0 Å². The van der Waals surface area contributed by atoms with Crippen molar-refractivity contribution in [1.82, 2.24) is 5.43 Å². The number of hydrogen-bond acceptors (Lipinski definition) is 5. The van der Waals surface area contributed by atoms with Crippen LogP contribution in [-0.4, -0.2) is 28.7 Å². The van der Waals surface area contributed by atoms with Crippen molar-refractivity contribution in [3.8, 4) is 5.75 Å². The molecule has 0 saturated heterocycles. The number of hydrogen-bond donors (Lipinski definition) is 2. The van der Waals surface area contributed by atoms with Crippen LogP contribution in [0, 0.1) is 0 Å². The summed E-state index contributed by atoms with van der Waals surface area (Å²) in [5.41, 5.74) is 0.280. The number of rotatable bonds is 5. The normalized spacial score (nSPS) is 12.0. The number of hydrazone groups is 1. The molecule has 0 aliphatic carbocycles. The Balaban J connectivity index is 2.14. The molecule has 2 aromatic rings. The number of nitrogens with zero attached hydrogens (tertiary/aromatic N) is 1. The average molecular weight is 356 g/mol. The first-order valence-electron chi connectivity index (χ1n) is 6.57. The van der Waals surface area contributed by atoms with Gasteiger partial charge in [-0.05, 0) is 29.6 Å². The van der Waals surface area contributed by atoms with Crippen molar-refractivity contribution in [3.05, 3.63) is 52.2 Å². The van der Waals surface area contributed by atoms with Crippen molar-refractivity contribution >= 4 is 28.7 Å². The lowest BCUT2D eigenvalue weighted by atomic mass is 10.1. The zero-order valence-corrected chi connectivity index (χ0v) is 12.8. The smallest absolute Gasteiger partial charge is 0.431 e. The Hall–Kier alpha value is -2.68. The molecule has 5 nitrogen and oxygen atoms in total. The molecule has 1 amide bonds. The van der Waals surface area contributed by atoms with Crippen LogP contribution in [0.3, 0.4) is 0 Å². The average Bonchev–Trinajstić information content (AvgIpc) is 3.04. The quantitative estimate of drug-likeness (QED) is 0.490. The van der Waals surface area contributed by atoms with Gasteiger partial charge >= 0.3 is 6.18 Å². The van der Waals surface area contributed by atoms with E-state index in [0.717, 1.165) is 17.4 Å². The number of amides is 1. The molecule has 1 aromatic carbocycles. The largest absolute Gasteiger partial charge is 0.508 e. The van der Waals surface area contributed by atoms with Crippen molar-refractivity contribution in [2.24, 2.45) is 5.10 Å². The van der Waals surface area contributed by atoms with Crippen LogP contribution < -0.4 is 5.43 Å². The predicted octanol–water partition coefficient (Wildman–Crippen LogP) is 3.37. The van der Waals surface area contributed by atoms with E-state index < -0.39 is 30.0 Å². The van der Waals surface area contributed by atoms with Crippen molar-refractivity contribution in [2.75, 3.05) is 0 Å². The second kappa shape index (κ2) is 7.26. The second-order valence-electron chi connectivity index (χ2n) is 4.62. The van der Waals surface area contributed by atoms with Gasteiger partial charge in [0.1, 0.15) is 11.5 Å². The fraction of sp³-hybridized carbons (Fsp3) is 0.133. The Morgan fingerprint density at radius 3 is 2.54 bits per heavy atom. The van der Waals surface area contributed by atoms with Crippen LogP contribution in [0.15, 0.2) is 46.9 Å². The number of alkyl halides is 3. The molecule has 0 aliphatic rings. The maximum absolute atomic E-state index is 13.0. The Morgan fingerprint density at radius 2 is 1.96 bits per heavy atom. The van der Waals surface area contributed by atoms with E-state index in [-0.39, 0.29) is 16.2 Å². The number of nitrogens with one attached hydrogen (secondary N) is 1. The molecule has 0 bridgehead atoms. The summed E-state index contributed by atoms with van der Waals surface area (Å²) in [6, 6.07) is 8.00. The molecule has 1 heterocycles. The molecule has 0 aliphatic heterocycles. The standard InChI is InChI=1S/C15H11F3N2O3S/c16-15(17,18)13(8-11(22)12-5-2-6-24-12)19-20-14(23)9-3-1-4-10(21)7-9/h1-7,21H,8H2,(H,20,23)/b19-13+. The van der Waals surface area contributed by atoms with Crippen LogP contribution in [0.5, 0.6) is 5.75 Å². The number of ketones is 1. The molecule has 9 heteroatoms. The number of benzene rings is 1. The zero-order chi connectivity index (χ0) is 17.7. The molecule has 0 unspecified atom stereocenters. The van der Waals surface area contributed by atoms with Gasteiger partial charge < -0.3 is 5.11 Å². The summed E-state index contributed by atoms with van der Waals surface area (Å²) in [7, 11) is 0. The summed E-state index contributed by atoms with van der Waals surface area (Å²) in [6.45, 7) is 0. The first-order chi connectivity index (χ1) is 11.3. The Bertz CT molecular complexity index is 771. The number of carbonyl (C=O) groups excluding carboxylic acids is 2. The molecule has 0 atom stereocenters. The van der Waals surface area contributed by atoms with Crippen LogP contribution >= 0.6 is 11.3 Å². The molecule has 2 N–H and O–H groups in total. The van der Waals surface area contributed by atoms with Crippen LogP contribution in [0.4, 0.5) is 13.2 Å². The van der Waals surface area contributed by atoms with Crippen LogP contribution in [0.2, 0.25) is 0 Å². The molecule has 0 spiro atoms. The highest BCUT2D eigenvalue weighted by molar-refractivity contribution is 7.12. The highest BCUT2D eigenvalue weighted by Gasteiger charge is 2.37. The van der Waals surface area contributed by atoms with Gasteiger partial charge in [-0.2, -0.15) is 18.3 Å². The lowest BCUT2D eigenvalue weighted by molar-refractivity contribution is -0.0605. The van der Waals surface area contributed by atoms with E-state index in [4.69, 9.17) is 0 Å². The molecule has 0 saturated carbocycles. The fourth-order valence-electron chi connectivity index (χ4n) is 1.71. The van der Waals surface area contributed by atoms with E-state index in [2.05, 4.69) is 5.10 Å². The second-order valence-corrected chi connectivity index (χ2v) is 5.57. The lowest BCUT2D eigenvalue weighted by Gasteiger charge is -2.10. The van der Waals surface area contributed by atoms with E-state index >= 15 is 0 Å². The Labute approximate surface area is 138 Å². The fourth-order valence-corrected chi connectivity index (χ4v) is 2.37. The topological polar surface area (TPSA) is 78.8 Å². The van der Waals surface area contributed by atoms with Crippen molar-refractivity contribution < 1.29 is 27.9 Å². The highest BCUT2D eigenvalue weighted by Crippen LogP contribution is 2.22. The lowest BCUT2D eigenvalue weighted by Crippen LogP contribution is -2.30. The number of phenolic OH excluding ortho intramolecular Hbond substituents is 1. The van der Waals surface area contributed by atoms with Crippen molar-refractivity contribution in [2.45, 2.75) is 12.6 Å². The van der Waals surface area contributed by atoms with Gasteiger partial charge in [0.2, 0.25) is 0 Å². The number of aromatic hydroxyl groups is 1. The third-order valence-electron chi connectivity index (χ3n) is 2.85. The number of carbonyl (C=O) groups is 2. The molecule has 126 valence electrons. The maximum atomic E-state index is 13.0. The predicted molar refractivity (Wildman–Crippen MR) is 82.3 cm³/mol. The number of thiophene rings is 1. The van der Waals surface area contributed by atoms with Gasteiger partial charge in [0.05, 0.1) is 11.3 Å². The summed E-state index contributed by atoms with van der Waals surface area (Å²) < 4.78 is 38.9. The summed E-state index contributed by atoms with van der Waals surface area (Å²) in [5.74, 6) is -1.89. The van der Waals surface area contributed by atoms with Crippen LogP contribution in [0.25, 0.3) is 0 Å². The van der Waals surface area contributed by atoms with E-state index in [1.807, 2.05) is 0 Å². The minimum absolute atomic E-state index is 0.0649. The highest BCUT2D eigenvalue weighted by atomic mass is 32.1. The third kappa shape index (κ3) is 4.66. The number of Topliss-reactive ketones (excluding diaryl/α,β-unsaturated/α-hetero) is 1. The summed E-state index contributed by atoms with van der Waals surface area (Å²) in [5, 5.41) is 13.9. The SMILES string of the molecule is O=C(N/N=C(\CC(=O)c1cccs1)C(F)(F)F)c1cccc(O)c1. The van der Waals surface area contributed by atoms with Crippen LogP contribution in [0.1, 0.15) is 26.5 Å². The van der Waals surface area contributed by atoms with Gasteiger partial charge in [-0.3, -0.25) is 9.59 Å². The summed E-state index contributed by atoms with van der Waals surface area (Å²) in [6.07, 6.45) is -5.84. The monoisotopic (exact) mass is 356 g/mol. The zero-order valence-electron chi connectivity index (χ0n) is 12.0.